The van der Waals surface area contributed by atoms with Gasteiger partial charge in [-0.05, 0) is 30.5 Å². The van der Waals surface area contributed by atoms with Gasteiger partial charge < -0.3 is 15.5 Å². The summed E-state index contributed by atoms with van der Waals surface area (Å²) in [6.45, 7) is 7.70. The largest absolute Gasteiger partial charge is 0.357 e. The van der Waals surface area contributed by atoms with Crippen LogP contribution in [0.15, 0.2) is 47.7 Å². The van der Waals surface area contributed by atoms with E-state index in [1.807, 2.05) is 28.8 Å². The number of nitrogens with one attached hydrogen (secondary N) is 2. The molecule has 28 heavy (non-hydrogen) atoms. The van der Waals surface area contributed by atoms with Crippen molar-refractivity contribution in [1.29, 1.82) is 0 Å². The number of rotatable bonds is 7. The Morgan fingerprint density at radius 2 is 2.14 bits per heavy atom. The van der Waals surface area contributed by atoms with Gasteiger partial charge in [0.25, 0.3) is 0 Å². The van der Waals surface area contributed by atoms with E-state index >= 15 is 0 Å². The maximum absolute atomic E-state index is 11.9. The minimum absolute atomic E-state index is 0.222. The zero-order chi connectivity index (χ0) is 19.8. The number of benzene rings is 1. The zero-order valence-corrected chi connectivity index (χ0v) is 16.8. The van der Waals surface area contributed by atoms with Crippen molar-refractivity contribution in [3.05, 3.63) is 53.9 Å². The molecule has 1 amide bonds. The first kappa shape index (κ1) is 19.9. The summed E-state index contributed by atoms with van der Waals surface area (Å²) in [6.07, 6.45) is 5.28. The minimum Gasteiger partial charge on any atom is -0.357 e. The molecule has 7 nitrogen and oxygen atoms in total. The van der Waals surface area contributed by atoms with Gasteiger partial charge >= 0.3 is 0 Å². The highest BCUT2D eigenvalue weighted by Gasteiger charge is 2.25. The molecule has 1 atom stereocenters. The van der Waals surface area contributed by atoms with Gasteiger partial charge in [-0.1, -0.05) is 31.2 Å². The van der Waals surface area contributed by atoms with Gasteiger partial charge in [-0.2, -0.15) is 5.10 Å². The zero-order valence-electron chi connectivity index (χ0n) is 16.8. The number of aromatic nitrogens is 2. The molecule has 0 aliphatic carbocycles. The number of aliphatic imine (C=N–C) groups is 1. The second-order valence-electron chi connectivity index (χ2n) is 7.04. The molecule has 2 N–H and O–H groups in total. The van der Waals surface area contributed by atoms with E-state index in [0.717, 1.165) is 44.1 Å². The molecule has 0 bridgehead atoms. The molecule has 2 heterocycles. The summed E-state index contributed by atoms with van der Waals surface area (Å²) < 4.78 is 1.91. The van der Waals surface area contributed by atoms with E-state index in [0.29, 0.717) is 13.0 Å². The minimum atomic E-state index is 0.222. The second-order valence-corrected chi connectivity index (χ2v) is 7.04. The molecule has 1 aliphatic heterocycles. The first-order valence-corrected chi connectivity index (χ1v) is 10.1. The molecule has 3 rings (SSSR count). The summed E-state index contributed by atoms with van der Waals surface area (Å²) in [4.78, 5) is 18.5. The smallest absolute Gasteiger partial charge is 0.222 e. The molecule has 1 fully saturated rings. The first-order valence-electron chi connectivity index (χ1n) is 10.1. The molecule has 0 spiro atoms. The summed E-state index contributed by atoms with van der Waals surface area (Å²) in [5.74, 6) is 1.02. The highest BCUT2D eigenvalue weighted by atomic mass is 16.2. The van der Waals surface area contributed by atoms with Gasteiger partial charge in [-0.25, -0.2) is 4.99 Å². The summed E-state index contributed by atoms with van der Waals surface area (Å²) in [5, 5.41) is 11.1. The Morgan fingerprint density at radius 3 is 2.89 bits per heavy atom. The van der Waals surface area contributed by atoms with E-state index in [9.17, 15) is 4.79 Å². The Balaban J connectivity index is 1.59. The molecule has 7 heteroatoms. The molecule has 0 saturated carbocycles. The van der Waals surface area contributed by atoms with Crippen LogP contribution in [0.2, 0.25) is 0 Å². The predicted molar refractivity (Wildman–Crippen MR) is 111 cm³/mol. The number of hydrogen-bond acceptors (Lipinski definition) is 3. The Morgan fingerprint density at radius 1 is 1.29 bits per heavy atom. The maximum atomic E-state index is 11.9. The Kier molecular flexibility index (Phi) is 7.06. The fourth-order valence-electron chi connectivity index (χ4n) is 3.42. The molecule has 0 radical (unpaired) electrons. The van der Waals surface area contributed by atoms with E-state index < -0.39 is 0 Å². The first-order chi connectivity index (χ1) is 13.7. The van der Waals surface area contributed by atoms with Crippen LogP contribution in [-0.2, 0) is 17.9 Å². The van der Waals surface area contributed by atoms with Crippen LogP contribution in [0.25, 0.3) is 0 Å². The second kappa shape index (κ2) is 9.92. The van der Waals surface area contributed by atoms with Crippen molar-refractivity contribution in [3.8, 4) is 0 Å². The standard InChI is InChI=1S/C21H30N6O/c1-3-20(28)26-12-9-19(16-26)25-21(22-4-2)23-14-17-7-5-8-18(13-17)15-27-11-6-10-24-27/h5-8,10-11,13,19H,3-4,9,12,14-16H2,1-2H3,(H2,22,23,25). The van der Waals surface area contributed by atoms with Gasteiger partial charge in [0.2, 0.25) is 5.91 Å². The lowest BCUT2D eigenvalue weighted by molar-refractivity contribution is -0.129. The van der Waals surface area contributed by atoms with Gasteiger partial charge in [0.15, 0.2) is 5.96 Å². The van der Waals surface area contributed by atoms with Gasteiger partial charge in [0.1, 0.15) is 0 Å². The van der Waals surface area contributed by atoms with Crippen LogP contribution >= 0.6 is 0 Å². The van der Waals surface area contributed by atoms with Crippen molar-refractivity contribution in [2.75, 3.05) is 19.6 Å². The number of carbonyl (C=O) groups excluding carboxylic acids is 1. The highest BCUT2D eigenvalue weighted by Crippen LogP contribution is 2.11. The van der Waals surface area contributed by atoms with E-state index in [4.69, 9.17) is 4.99 Å². The summed E-state index contributed by atoms with van der Waals surface area (Å²) in [5.41, 5.74) is 2.37. The fourth-order valence-corrected chi connectivity index (χ4v) is 3.42. The average molecular weight is 383 g/mol. The van der Waals surface area contributed by atoms with Crippen LogP contribution in [0.3, 0.4) is 0 Å². The van der Waals surface area contributed by atoms with Gasteiger partial charge in [0.05, 0.1) is 13.1 Å². The van der Waals surface area contributed by atoms with E-state index in [-0.39, 0.29) is 11.9 Å². The number of carbonyl (C=O) groups is 1. The highest BCUT2D eigenvalue weighted by molar-refractivity contribution is 5.80. The predicted octanol–water partition coefficient (Wildman–Crippen LogP) is 2.00. The van der Waals surface area contributed by atoms with Crippen LogP contribution in [0, 0.1) is 0 Å². The van der Waals surface area contributed by atoms with Crippen LogP contribution in [0.1, 0.15) is 37.8 Å². The third-order valence-electron chi connectivity index (χ3n) is 4.84. The molecule has 1 unspecified atom stereocenters. The molecule has 1 aliphatic rings. The van der Waals surface area contributed by atoms with Gasteiger partial charge in [0, 0.05) is 44.5 Å². The van der Waals surface area contributed by atoms with E-state index in [2.05, 4.69) is 46.9 Å². The lowest BCUT2D eigenvalue weighted by Gasteiger charge is -2.18. The molecular formula is C21H30N6O. The summed E-state index contributed by atoms with van der Waals surface area (Å²) in [6, 6.07) is 10.6. The van der Waals surface area contributed by atoms with E-state index in [1.54, 1.807) is 6.20 Å². The molecule has 1 aromatic carbocycles. The molecule has 1 saturated heterocycles. The Labute approximate surface area is 166 Å². The SMILES string of the molecule is CCNC(=NCc1cccc(Cn2cccn2)c1)NC1CCN(C(=O)CC)C1. The fraction of sp³-hybridized carbons (Fsp3) is 0.476. The Hall–Kier alpha value is -2.83. The van der Waals surface area contributed by atoms with Crippen molar-refractivity contribution in [2.45, 2.75) is 45.8 Å². The summed E-state index contributed by atoms with van der Waals surface area (Å²) in [7, 11) is 0. The maximum Gasteiger partial charge on any atom is 0.222 e. The molecule has 150 valence electrons. The average Bonchev–Trinajstić information content (AvgIpc) is 3.38. The molecular weight excluding hydrogens is 352 g/mol. The monoisotopic (exact) mass is 382 g/mol. The number of likely N-dealkylation sites (tertiary alicyclic amines) is 1. The third kappa shape index (κ3) is 5.58. The lowest BCUT2D eigenvalue weighted by Crippen LogP contribution is -2.45. The van der Waals surface area contributed by atoms with Crippen molar-refractivity contribution >= 4 is 11.9 Å². The lowest BCUT2D eigenvalue weighted by atomic mass is 10.1. The van der Waals surface area contributed by atoms with E-state index in [1.165, 1.54) is 5.56 Å². The van der Waals surface area contributed by atoms with Crippen molar-refractivity contribution in [2.24, 2.45) is 4.99 Å². The van der Waals surface area contributed by atoms with Gasteiger partial charge in [-0.15, -0.1) is 0 Å². The van der Waals surface area contributed by atoms with Crippen molar-refractivity contribution < 1.29 is 4.79 Å². The van der Waals surface area contributed by atoms with Crippen LogP contribution in [0.4, 0.5) is 0 Å². The number of nitrogens with zero attached hydrogens (tertiary/aromatic N) is 4. The topological polar surface area (TPSA) is 74.6 Å². The normalized spacial score (nSPS) is 17.0. The van der Waals surface area contributed by atoms with Crippen LogP contribution in [-0.4, -0.2) is 52.2 Å². The Bertz CT molecular complexity index is 786. The number of hydrogen-bond donors (Lipinski definition) is 2. The van der Waals surface area contributed by atoms with Crippen molar-refractivity contribution in [1.82, 2.24) is 25.3 Å². The van der Waals surface area contributed by atoms with Crippen LogP contribution < -0.4 is 10.6 Å². The number of amides is 1. The third-order valence-corrected chi connectivity index (χ3v) is 4.84. The van der Waals surface area contributed by atoms with Crippen LogP contribution in [0.5, 0.6) is 0 Å². The van der Waals surface area contributed by atoms with Gasteiger partial charge in [-0.3, -0.25) is 9.48 Å². The quantitative estimate of drug-likeness (QED) is 0.567. The number of guanidine groups is 1. The summed E-state index contributed by atoms with van der Waals surface area (Å²) >= 11 is 0. The molecule has 1 aromatic heterocycles. The molecule has 2 aromatic rings. The van der Waals surface area contributed by atoms with Crippen molar-refractivity contribution in [3.63, 3.8) is 0 Å².